The third kappa shape index (κ3) is 2.79. The Labute approximate surface area is 120 Å². The monoisotopic (exact) mass is 311 g/mol. The fourth-order valence-corrected chi connectivity index (χ4v) is 3.13. The van der Waals surface area contributed by atoms with E-state index in [0.717, 1.165) is 6.07 Å². The Morgan fingerprint density at radius 1 is 1.43 bits per heavy atom. The molecule has 0 spiro atoms. The molecule has 9 nitrogen and oxygen atoms in total. The van der Waals surface area contributed by atoms with Crippen molar-refractivity contribution in [1.82, 2.24) is 9.78 Å². The van der Waals surface area contributed by atoms with Gasteiger partial charge in [0.15, 0.2) is 4.90 Å². The molecule has 0 saturated carbocycles. The molecule has 2 rings (SSSR count). The highest BCUT2D eigenvalue weighted by Gasteiger charge is 2.28. The molecule has 3 N–H and O–H groups in total. The number of aryl methyl sites for hydroxylation is 2. The van der Waals surface area contributed by atoms with Crippen LogP contribution in [0.2, 0.25) is 0 Å². The number of para-hydroxylation sites is 1. The minimum absolute atomic E-state index is 0.198. The van der Waals surface area contributed by atoms with E-state index in [1.165, 1.54) is 22.9 Å². The summed E-state index contributed by atoms with van der Waals surface area (Å²) >= 11 is 0. The predicted octanol–water partition coefficient (Wildman–Crippen LogP) is 1.02. The lowest BCUT2D eigenvalue weighted by molar-refractivity contribution is -0.386. The van der Waals surface area contributed by atoms with Crippen LogP contribution in [0.1, 0.15) is 5.69 Å². The summed E-state index contributed by atoms with van der Waals surface area (Å²) in [6.45, 7) is 1.70. The molecule has 0 saturated heterocycles. The van der Waals surface area contributed by atoms with Gasteiger partial charge in [0.25, 0.3) is 10.0 Å². The summed E-state index contributed by atoms with van der Waals surface area (Å²) in [5.74, 6) is 0.198. The van der Waals surface area contributed by atoms with Crippen molar-refractivity contribution < 1.29 is 13.3 Å². The maximum absolute atomic E-state index is 12.3. The Balaban J connectivity index is 2.53. The third-order valence-electron chi connectivity index (χ3n) is 2.74. The lowest BCUT2D eigenvalue weighted by Crippen LogP contribution is -2.17. The highest BCUT2D eigenvalue weighted by molar-refractivity contribution is 7.92. The average molecular weight is 311 g/mol. The number of benzene rings is 1. The largest absolute Gasteiger partial charge is 0.393 e. The van der Waals surface area contributed by atoms with Crippen molar-refractivity contribution in [3.05, 3.63) is 40.1 Å². The van der Waals surface area contributed by atoms with Crippen molar-refractivity contribution in [2.75, 3.05) is 10.5 Å². The summed E-state index contributed by atoms with van der Waals surface area (Å²) in [5.41, 5.74) is 5.24. The van der Waals surface area contributed by atoms with Crippen molar-refractivity contribution in [2.24, 2.45) is 7.05 Å². The highest BCUT2D eigenvalue weighted by Crippen LogP contribution is 2.30. The van der Waals surface area contributed by atoms with Crippen molar-refractivity contribution in [1.29, 1.82) is 0 Å². The molecule has 0 aliphatic carbocycles. The van der Waals surface area contributed by atoms with Crippen LogP contribution in [0.3, 0.4) is 0 Å². The van der Waals surface area contributed by atoms with Crippen molar-refractivity contribution in [3.63, 3.8) is 0 Å². The van der Waals surface area contributed by atoms with E-state index in [0.29, 0.717) is 5.69 Å². The molecule has 1 aromatic heterocycles. The summed E-state index contributed by atoms with van der Waals surface area (Å²) in [6.07, 6.45) is 0. The lowest BCUT2D eigenvalue weighted by Gasteiger charge is -2.09. The van der Waals surface area contributed by atoms with Crippen LogP contribution in [0.4, 0.5) is 17.2 Å². The van der Waals surface area contributed by atoms with Gasteiger partial charge in [-0.2, -0.15) is 5.10 Å². The molecule has 21 heavy (non-hydrogen) atoms. The van der Waals surface area contributed by atoms with Crippen LogP contribution in [0.15, 0.2) is 29.2 Å². The van der Waals surface area contributed by atoms with Crippen molar-refractivity contribution >= 4 is 27.2 Å². The Kier molecular flexibility index (Phi) is 3.56. The van der Waals surface area contributed by atoms with Crippen LogP contribution in [-0.4, -0.2) is 23.1 Å². The van der Waals surface area contributed by atoms with Crippen molar-refractivity contribution in [2.45, 2.75) is 11.8 Å². The number of nitrogens with zero attached hydrogens (tertiary/aromatic N) is 3. The molecule has 0 aliphatic rings. The molecule has 10 heteroatoms. The normalized spacial score (nSPS) is 11.3. The number of hydrogen-bond acceptors (Lipinski definition) is 6. The number of nitrogens with one attached hydrogen (secondary N) is 1. The number of hydrogen-bond donors (Lipinski definition) is 2. The van der Waals surface area contributed by atoms with Crippen LogP contribution >= 0.6 is 0 Å². The van der Waals surface area contributed by atoms with Gasteiger partial charge in [0, 0.05) is 13.1 Å². The zero-order chi connectivity index (χ0) is 15.8. The predicted molar refractivity (Wildman–Crippen MR) is 76.3 cm³/mol. The average Bonchev–Trinajstić information content (AvgIpc) is 2.66. The minimum atomic E-state index is -4.15. The first-order valence-electron chi connectivity index (χ1n) is 5.78. The van der Waals surface area contributed by atoms with Gasteiger partial charge < -0.3 is 5.73 Å². The van der Waals surface area contributed by atoms with Crippen LogP contribution in [-0.2, 0) is 17.1 Å². The van der Waals surface area contributed by atoms with Crippen LogP contribution in [0, 0.1) is 17.0 Å². The van der Waals surface area contributed by atoms with E-state index in [-0.39, 0.29) is 11.5 Å². The summed E-state index contributed by atoms with van der Waals surface area (Å²) < 4.78 is 28.2. The number of nitrogens with two attached hydrogens (primary N) is 1. The zero-order valence-electron chi connectivity index (χ0n) is 11.3. The molecule has 0 fully saturated rings. The number of sulfonamides is 1. The third-order valence-corrected chi connectivity index (χ3v) is 4.13. The summed E-state index contributed by atoms with van der Waals surface area (Å²) in [5, 5.41) is 15.0. The molecule has 1 heterocycles. The number of nitrogen functional groups attached to an aromatic ring is 1. The first-order chi connectivity index (χ1) is 9.72. The van der Waals surface area contributed by atoms with E-state index >= 15 is 0 Å². The van der Waals surface area contributed by atoms with Gasteiger partial charge >= 0.3 is 5.69 Å². The van der Waals surface area contributed by atoms with Crippen LogP contribution < -0.4 is 10.5 Å². The molecule has 0 radical (unpaired) electrons. The molecule has 112 valence electrons. The quantitative estimate of drug-likeness (QED) is 0.492. The second-order valence-electron chi connectivity index (χ2n) is 4.35. The number of anilines is 2. The summed E-state index contributed by atoms with van der Waals surface area (Å²) in [7, 11) is -2.60. The number of nitro groups is 1. The van der Waals surface area contributed by atoms with Gasteiger partial charge in [0.2, 0.25) is 0 Å². The lowest BCUT2D eigenvalue weighted by atomic mass is 10.3. The molecular formula is C11H13N5O4S. The van der Waals surface area contributed by atoms with Gasteiger partial charge in [0.1, 0.15) is 11.5 Å². The van der Waals surface area contributed by atoms with Gasteiger partial charge in [-0.3, -0.25) is 19.5 Å². The van der Waals surface area contributed by atoms with E-state index in [1.54, 1.807) is 14.0 Å². The maximum atomic E-state index is 12.3. The Hall–Kier alpha value is -2.62. The van der Waals surface area contributed by atoms with Gasteiger partial charge in [-0.1, -0.05) is 6.07 Å². The van der Waals surface area contributed by atoms with Gasteiger partial charge in [0.05, 0.1) is 10.6 Å². The molecule has 2 aromatic rings. The maximum Gasteiger partial charge on any atom is 0.312 e. The highest BCUT2D eigenvalue weighted by atomic mass is 32.2. The standard InChI is InChI=1S/C11H13N5O4S/c1-7-6-10(15(2)13-7)14-21(19,20)9-5-3-4-8(12)11(9)16(17)18/h3-6,14H,12H2,1-2H3. The smallest absolute Gasteiger partial charge is 0.312 e. The van der Waals surface area contributed by atoms with E-state index in [9.17, 15) is 18.5 Å². The molecular weight excluding hydrogens is 298 g/mol. The number of rotatable bonds is 4. The van der Waals surface area contributed by atoms with E-state index < -0.39 is 25.5 Å². The van der Waals surface area contributed by atoms with E-state index in [4.69, 9.17) is 5.73 Å². The van der Waals surface area contributed by atoms with Gasteiger partial charge in [-0.05, 0) is 19.1 Å². The first kappa shape index (κ1) is 14.8. The van der Waals surface area contributed by atoms with Gasteiger partial charge in [-0.15, -0.1) is 0 Å². The molecule has 0 aliphatic heterocycles. The second kappa shape index (κ2) is 5.05. The summed E-state index contributed by atoms with van der Waals surface area (Å²) in [6, 6.07) is 5.24. The molecule has 0 atom stereocenters. The summed E-state index contributed by atoms with van der Waals surface area (Å²) in [4.78, 5) is 9.71. The Morgan fingerprint density at radius 3 is 2.62 bits per heavy atom. The van der Waals surface area contributed by atoms with Crippen LogP contribution in [0.25, 0.3) is 0 Å². The first-order valence-corrected chi connectivity index (χ1v) is 7.27. The molecule has 0 bridgehead atoms. The molecule has 0 unspecified atom stereocenters. The SMILES string of the molecule is Cc1cc(NS(=O)(=O)c2cccc(N)c2[N+](=O)[O-])n(C)n1. The fourth-order valence-electron chi connectivity index (χ4n) is 1.85. The topological polar surface area (TPSA) is 133 Å². The van der Waals surface area contributed by atoms with Crippen molar-refractivity contribution in [3.8, 4) is 0 Å². The number of aromatic nitrogens is 2. The second-order valence-corrected chi connectivity index (χ2v) is 6.00. The Morgan fingerprint density at radius 2 is 2.10 bits per heavy atom. The number of nitro benzene ring substituents is 1. The van der Waals surface area contributed by atoms with E-state index in [2.05, 4.69) is 9.82 Å². The van der Waals surface area contributed by atoms with Crippen LogP contribution in [0.5, 0.6) is 0 Å². The van der Waals surface area contributed by atoms with Gasteiger partial charge in [-0.25, -0.2) is 8.42 Å². The minimum Gasteiger partial charge on any atom is -0.393 e. The zero-order valence-corrected chi connectivity index (χ0v) is 12.1. The molecule has 1 aromatic carbocycles. The molecule has 0 amide bonds. The Bertz CT molecular complexity index is 812. The van der Waals surface area contributed by atoms with E-state index in [1.807, 2.05) is 0 Å². The fraction of sp³-hybridized carbons (Fsp3) is 0.182.